The van der Waals surface area contributed by atoms with E-state index in [9.17, 15) is 5.11 Å². The Hall–Kier alpha value is -3.98. The summed E-state index contributed by atoms with van der Waals surface area (Å²) in [6, 6.07) is 11.4. The molecule has 2 saturated heterocycles. The minimum absolute atomic E-state index is 0.158. The highest BCUT2D eigenvalue weighted by Crippen LogP contribution is 2.32. The Bertz CT molecular complexity index is 1360. The van der Waals surface area contributed by atoms with Crippen molar-refractivity contribution in [2.75, 3.05) is 75.2 Å². The summed E-state index contributed by atoms with van der Waals surface area (Å²) in [6.45, 7) is 7.89. The number of ether oxygens (including phenoxy) is 2. The molecule has 0 amide bonds. The molecule has 3 aromatic rings. The Morgan fingerprint density at radius 3 is 2.88 bits per heavy atom. The molecule has 0 radical (unpaired) electrons. The number of aromatic hydroxyl groups is 1. The summed E-state index contributed by atoms with van der Waals surface area (Å²) >= 11 is 0. The van der Waals surface area contributed by atoms with Gasteiger partial charge >= 0.3 is 0 Å². The van der Waals surface area contributed by atoms with Crippen molar-refractivity contribution in [3.8, 4) is 28.8 Å². The summed E-state index contributed by atoms with van der Waals surface area (Å²) in [5.74, 6) is 8.28. The zero-order valence-corrected chi connectivity index (χ0v) is 23.0. The topological polar surface area (TPSA) is 126 Å². The zero-order valence-electron chi connectivity index (χ0n) is 23.0. The lowest BCUT2D eigenvalue weighted by Crippen LogP contribution is -2.47. The number of hydrogen-bond donors (Lipinski definition) is 2. The number of aromatic nitrogens is 4. The van der Waals surface area contributed by atoms with E-state index in [0.717, 1.165) is 44.1 Å². The van der Waals surface area contributed by atoms with Gasteiger partial charge in [-0.2, -0.15) is 0 Å². The third-order valence-corrected chi connectivity index (χ3v) is 7.41. The van der Waals surface area contributed by atoms with Gasteiger partial charge in [-0.05, 0) is 43.5 Å². The van der Waals surface area contributed by atoms with Crippen LogP contribution in [0.3, 0.4) is 0 Å². The lowest BCUT2D eigenvalue weighted by molar-refractivity contribution is -0.0290. The van der Waals surface area contributed by atoms with E-state index in [1.54, 1.807) is 25.4 Å². The third kappa shape index (κ3) is 6.42. The second kappa shape index (κ2) is 12.9. The summed E-state index contributed by atoms with van der Waals surface area (Å²) in [6.07, 6.45) is 2.67. The monoisotopic (exact) mass is 544 g/mol. The summed E-state index contributed by atoms with van der Waals surface area (Å²) in [7, 11) is 1.71. The highest BCUT2D eigenvalue weighted by atomic mass is 16.5. The molecule has 2 aliphatic rings. The number of hydrogen-bond acceptors (Lipinski definition) is 11. The van der Waals surface area contributed by atoms with Crippen molar-refractivity contribution in [1.82, 2.24) is 25.1 Å². The Balaban J connectivity index is 1.28. The van der Waals surface area contributed by atoms with E-state index in [1.807, 2.05) is 24.3 Å². The maximum Gasteiger partial charge on any atom is 0.206 e. The first-order valence-electron chi connectivity index (χ1n) is 13.6. The van der Waals surface area contributed by atoms with Crippen LogP contribution in [0.1, 0.15) is 19.2 Å². The van der Waals surface area contributed by atoms with E-state index in [4.69, 9.17) is 20.2 Å². The molecular weight excluding hydrogens is 508 g/mol. The number of nitrogens with zero attached hydrogens (tertiary/aromatic N) is 7. The fourth-order valence-electron chi connectivity index (χ4n) is 5.14. The molecule has 2 atom stereocenters. The van der Waals surface area contributed by atoms with Gasteiger partial charge in [0.1, 0.15) is 11.6 Å². The SMILES string of the molecule is COC[C@@H]1COCCN1CC#Cc1nccc(N2CCN(c3cc(-c4ccccc4O)nnc3N)CC[C@H]2C)n1. The van der Waals surface area contributed by atoms with E-state index < -0.39 is 0 Å². The van der Waals surface area contributed by atoms with Gasteiger partial charge in [0.2, 0.25) is 5.82 Å². The van der Waals surface area contributed by atoms with Crippen LogP contribution in [0.4, 0.5) is 17.3 Å². The first-order chi connectivity index (χ1) is 19.5. The van der Waals surface area contributed by atoms with Crippen LogP contribution < -0.4 is 15.5 Å². The van der Waals surface area contributed by atoms with Gasteiger partial charge in [0.25, 0.3) is 0 Å². The van der Waals surface area contributed by atoms with Crippen molar-refractivity contribution in [3.63, 3.8) is 0 Å². The molecule has 4 heterocycles. The smallest absolute Gasteiger partial charge is 0.206 e. The minimum Gasteiger partial charge on any atom is -0.507 e. The number of anilines is 3. The van der Waals surface area contributed by atoms with Crippen LogP contribution in [0.25, 0.3) is 11.3 Å². The molecule has 210 valence electrons. The lowest BCUT2D eigenvalue weighted by atomic mass is 10.1. The average molecular weight is 545 g/mol. The molecule has 5 rings (SSSR count). The molecule has 0 aliphatic carbocycles. The molecule has 11 heteroatoms. The van der Waals surface area contributed by atoms with E-state index in [-0.39, 0.29) is 17.8 Å². The number of morpholine rings is 1. The van der Waals surface area contributed by atoms with Gasteiger partial charge in [0.05, 0.1) is 43.8 Å². The fraction of sp³-hybridized carbons (Fsp3) is 0.448. The van der Waals surface area contributed by atoms with E-state index in [0.29, 0.717) is 49.3 Å². The van der Waals surface area contributed by atoms with Crippen molar-refractivity contribution in [2.45, 2.75) is 25.4 Å². The molecule has 2 aliphatic heterocycles. The van der Waals surface area contributed by atoms with E-state index in [2.05, 4.69) is 48.6 Å². The van der Waals surface area contributed by atoms with Crippen LogP contribution in [0.15, 0.2) is 42.6 Å². The molecule has 1 aromatic carbocycles. The quantitative estimate of drug-likeness (QED) is 0.443. The number of benzene rings is 1. The summed E-state index contributed by atoms with van der Waals surface area (Å²) in [5, 5.41) is 18.7. The van der Waals surface area contributed by atoms with Crippen LogP contribution in [0, 0.1) is 11.8 Å². The van der Waals surface area contributed by atoms with Crippen molar-refractivity contribution in [2.24, 2.45) is 0 Å². The first kappa shape index (κ1) is 27.6. The van der Waals surface area contributed by atoms with Crippen molar-refractivity contribution in [1.29, 1.82) is 0 Å². The second-order valence-corrected chi connectivity index (χ2v) is 10.0. The maximum absolute atomic E-state index is 10.3. The number of methoxy groups -OCH3 is 1. The predicted octanol–water partition coefficient (Wildman–Crippen LogP) is 2.03. The van der Waals surface area contributed by atoms with Crippen LogP contribution >= 0.6 is 0 Å². The molecular formula is C29H36N8O3. The van der Waals surface area contributed by atoms with Gasteiger partial charge in [-0.3, -0.25) is 4.90 Å². The number of nitrogens with two attached hydrogens (primary N) is 1. The molecule has 0 saturated carbocycles. The van der Waals surface area contributed by atoms with Gasteiger partial charge in [-0.15, -0.1) is 10.2 Å². The highest BCUT2D eigenvalue weighted by Gasteiger charge is 2.25. The second-order valence-electron chi connectivity index (χ2n) is 10.0. The van der Waals surface area contributed by atoms with Crippen molar-refractivity contribution >= 4 is 17.3 Å². The average Bonchev–Trinajstić information content (AvgIpc) is 3.16. The number of nitrogen functional groups attached to an aromatic ring is 1. The minimum atomic E-state index is 0.158. The van der Waals surface area contributed by atoms with Crippen LogP contribution in [-0.4, -0.2) is 102 Å². The molecule has 3 N–H and O–H groups in total. The molecule has 0 bridgehead atoms. The first-order valence-corrected chi connectivity index (χ1v) is 13.6. The fourth-order valence-corrected chi connectivity index (χ4v) is 5.14. The Labute approximate surface area is 234 Å². The largest absolute Gasteiger partial charge is 0.507 e. The molecule has 2 aromatic heterocycles. The lowest BCUT2D eigenvalue weighted by Gasteiger charge is -2.33. The van der Waals surface area contributed by atoms with Gasteiger partial charge in [0.15, 0.2) is 5.82 Å². The molecule has 0 unspecified atom stereocenters. The molecule has 40 heavy (non-hydrogen) atoms. The van der Waals surface area contributed by atoms with Gasteiger partial charge in [0, 0.05) is 51.1 Å². The van der Waals surface area contributed by atoms with Crippen molar-refractivity contribution < 1.29 is 14.6 Å². The Morgan fingerprint density at radius 2 is 2.02 bits per heavy atom. The Kier molecular flexibility index (Phi) is 8.91. The van der Waals surface area contributed by atoms with Crippen LogP contribution in [0.2, 0.25) is 0 Å². The predicted molar refractivity (Wildman–Crippen MR) is 154 cm³/mol. The van der Waals surface area contributed by atoms with Crippen molar-refractivity contribution in [3.05, 3.63) is 48.4 Å². The van der Waals surface area contributed by atoms with Crippen LogP contribution in [0.5, 0.6) is 5.75 Å². The molecule has 0 spiro atoms. The zero-order chi connectivity index (χ0) is 27.9. The molecule has 2 fully saturated rings. The number of para-hydroxylation sites is 1. The Morgan fingerprint density at radius 1 is 1.15 bits per heavy atom. The number of rotatable bonds is 6. The summed E-state index contributed by atoms with van der Waals surface area (Å²) in [5.41, 5.74) is 8.29. The van der Waals surface area contributed by atoms with Gasteiger partial charge in [-0.1, -0.05) is 18.1 Å². The standard InChI is InChI=1S/C29H36N8O3/c1-21-10-13-36(25-18-24(33-34-29(25)30)23-6-3-4-7-26(23)38)14-15-37(21)28-9-11-31-27(32-28)8-5-12-35-16-17-40-20-22(35)19-39-2/h3-4,6-7,9,11,18,21-22,38H,10,12-17,19-20H2,1-2H3,(H2,30,34)/t21-,22-/m1/s1. The summed E-state index contributed by atoms with van der Waals surface area (Å²) < 4.78 is 10.9. The molecule has 11 nitrogen and oxygen atoms in total. The van der Waals surface area contributed by atoms with Crippen LogP contribution in [-0.2, 0) is 9.47 Å². The maximum atomic E-state index is 10.3. The highest BCUT2D eigenvalue weighted by molar-refractivity contribution is 5.74. The number of phenols is 1. The number of phenolic OH excluding ortho intramolecular Hbond substituents is 1. The van der Waals surface area contributed by atoms with Gasteiger partial charge in [-0.25, -0.2) is 9.97 Å². The van der Waals surface area contributed by atoms with Gasteiger partial charge < -0.3 is 30.1 Å². The van der Waals surface area contributed by atoms with E-state index in [1.165, 1.54) is 0 Å². The third-order valence-electron chi connectivity index (χ3n) is 7.41. The van der Waals surface area contributed by atoms with E-state index >= 15 is 0 Å². The summed E-state index contributed by atoms with van der Waals surface area (Å²) in [4.78, 5) is 16.0. The normalized spacial score (nSPS) is 20.1.